The van der Waals surface area contributed by atoms with E-state index < -0.39 is 0 Å². The molecule has 1 heterocycles. The van der Waals surface area contributed by atoms with Crippen LogP contribution in [-0.4, -0.2) is 17.8 Å². The van der Waals surface area contributed by atoms with Gasteiger partial charge in [-0.05, 0) is 30.7 Å². The van der Waals surface area contributed by atoms with Crippen LogP contribution in [0, 0.1) is 5.82 Å². The number of aliphatic hydroxyl groups excluding tert-OH is 1. The predicted molar refractivity (Wildman–Crippen MR) is 68.8 cm³/mol. The molecule has 0 saturated heterocycles. The van der Waals surface area contributed by atoms with Crippen LogP contribution in [0.3, 0.4) is 0 Å². The van der Waals surface area contributed by atoms with Crippen LogP contribution in [0.1, 0.15) is 25.5 Å². The zero-order valence-electron chi connectivity index (χ0n) is 10.4. The molecule has 0 spiro atoms. The maximum Gasteiger partial charge on any atom is 0.134 e. The lowest BCUT2D eigenvalue weighted by molar-refractivity contribution is 0.159. The predicted octanol–water partition coefficient (Wildman–Crippen LogP) is 2.82. The van der Waals surface area contributed by atoms with Crippen LogP contribution in [0.15, 0.2) is 28.7 Å². The summed E-state index contributed by atoms with van der Waals surface area (Å²) in [6.07, 6.45) is 1.43. The van der Waals surface area contributed by atoms with Gasteiger partial charge >= 0.3 is 0 Å². The summed E-state index contributed by atoms with van der Waals surface area (Å²) in [6.45, 7) is 3.12. The van der Waals surface area contributed by atoms with E-state index in [1.165, 1.54) is 12.1 Å². The zero-order chi connectivity index (χ0) is 13.0. The van der Waals surface area contributed by atoms with Crippen molar-refractivity contribution in [3.63, 3.8) is 0 Å². The molecule has 0 radical (unpaired) electrons. The second-order valence-electron chi connectivity index (χ2n) is 4.47. The Bertz CT molecular complexity index is 509. The summed E-state index contributed by atoms with van der Waals surface area (Å²) in [5, 5.41) is 13.4. The lowest BCUT2D eigenvalue weighted by Gasteiger charge is -2.09. The minimum atomic E-state index is -0.322. The third-order valence-electron chi connectivity index (χ3n) is 2.83. The fourth-order valence-corrected chi connectivity index (χ4v) is 1.95. The molecule has 4 heteroatoms. The standard InChI is InChI=1S/C14H18FNO2/c1-2-3-12(17)8-16-9-13-7-10-6-11(15)4-5-14(10)18-13/h4-7,12,16-17H,2-3,8-9H2,1H3. The van der Waals surface area contributed by atoms with Gasteiger partial charge in [-0.3, -0.25) is 0 Å². The number of fused-ring (bicyclic) bond motifs is 1. The average molecular weight is 251 g/mol. The van der Waals surface area contributed by atoms with Crippen molar-refractivity contribution in [1.82, 2.24) is 5.32 Å². The number of hydrogen-bond acceptors (Lipinski definition) is 3. The molecule has 0 bridgehead atoms. The van der Waals surface area contributed by atoms with Gasteiger partial charge in [0.05, 0.1) is 12.6 Å². The summed E-state index contributed by atoms with van der Waals surface area (Å²) in [7, 11) is 0. The summed E-state index contributed by atoms with van der Waals surface area (Å²) in [5.74, 6) is 0.487. The van der Waals surface area contributed by atoms with E-state index in [1.54, 1.807) is 6.07 Å². The van der Waals surface area contributed by atoms with Crippen LogP contribution in [0.4, 0.5) is 4.39 Å². The molecule has 1 aromatic heterocycles. The van der Waals surface area contributed by atoms with Gasteiger partial charge in [0.2, 0.25) is 0 Å². The van der Waals surface area contributed by atoms with E-state index in [-0.39, 0.29) is 11.9 Å². The SMILES string of the molecule is CCCC(O)CNCc1cc2cc(F)ccc2o1. The van der Waals surface area contributed by atoms with Gasteiger partial charge < -0.3 is 14.8 Å². The minimum Gasteiger partial charge on any atom is -0.460 e. The molecule has 0 fully saturated rings. The molecule has 18 heavy (non-hydrogen) atoms. The highest BCUT2D eigenvalue weighted by Gasteiger charge is 2.06. The number of halogens is 1. The molecule has 2 rings (SSSR count). The molecule has 1 aromatic carbocycles. The summed E-state index contributed by atoms with van der Waals surface area (Å²) in [5.41, 5.74) is 0.683. The van der Waals surface area contributed by atoms with Gasteiger partial charge in [0.15, 0.2) is 0 Å². The van der Waals surface area contributed by atoms with Crippen molar-refractivity contribution in [3.05, 3.63) is 35.8 Å². The molecule has 0 aliphatic rings. The third-order valence-corrected chi connectivity index (χ3v) is 2.83. The lowest BCUT2D eigenvalue weighted by Crippen LogP contribution is -2.25. The van der Waals surface area contributed by atoms with Crippen molar-refractivity contribution in [2.75, 3.05) is 6.54 Å². The van der Waals surface area contributed by atoms with Crippen LogP contribution < -0.4 is 5.32 Å². The average Bonchev–Trinajstić information content (AvgIpc) is 2.71. The molecular weight excluding hydrogens is 233 g/mol. The van der Waals surface area contributed by atoms with Crippen LogP contribution in [-0.2, 0) is 6.54 Å². The summed E-state index contributed by atoms with van der Waals surface area (Å²) in [4.78, 5) is 0. The first kappa shape index (κ1) is 13.1. The van der Waals surface area contributed by atoms with Crippen LogP contribution in [0.25, 0.3) is 11.0 Å². The largest absolute Gasteiger partial charge is 0.460 e. The molecule has 98 valence electrons. The molecule has 1 unspecified atom stereocenters. The smallest absolute Gasteiger partial charge is 0.134 e. The van der Waals surface area contributed by atoms with E-state index in [4.69, 9.17) is 4.42 Å². The summed E-state index contributed by atoms with van der Waals surface area (Å²) < 4.78 is 18.6. The highest BCUT2D eigenvalue weighted by molar-refractivity contribution is 5.77. The summed E-state index contributed by atoms with van der Waals surface area (Å²) in [6, 6.07) is 6.28. The molecule has 3 nitrogen and oxygen atoms in total. The second kappa shape index (κ2) is 5.98. The van der Waals surface area contributed by atoms with Gasteiger partial charge in [-0.15, -0.1) is 0 Å². The van der Waals surface area contributed by atoms with Crippen molar-refractivity contribution in [1.29, 1.82) is 0 Å². The highest BCUT2D eigenvalue weighted by atomic mass is 19.1. The molecule has 2 aromatic rings. The monoisotopic (exact) mass is 251 g/mol. The Labute approximate surface area is 106 Å². The first-order valence-corrected chi connectivity index (χ1v) is 6.26. The van der Waals surface area contributed by atoms with Gasteiger partial charge in [-0.1, -0.05) is 13.3 Å². The van der Waals surface area contributed by atoms with Crippen molar-refractivity contribution in [3.8, 4) is 0 Å². The Morgan fingerprint density at radius 1 is 1.39 bits per heavy atom. The minimum absolute atomic E-state index is 0.263. The zero-order valence-corrected chi connectivity index (χ0v) is 10.4. The Morgan fingerprint density at radius 3 is 3.00 bits per heavy atom. The van der Waals surface area contributed by atoms with Gasteiger partial charge in [0.1, 0.15) is 17.2 Å². The van der Waals surface area contributed by atoms with Crippen molar-refractivity contribution in [2.24, 2.45) is 0 Å². The van der Waals surface area contributed by atoms with E-state index in [1.807, 2.05) is 13.0 Å². The van der Waals surface area contributed by atoms with Gasteiger partial charge in [-0.2, -0.15) is 0 Å². The molecule has 2 N–H and O–H groups in total. The van der Waals surface area contributed by atoms with Crippen molar-refractivity contribution >= 4 is 11.0 Å². The highest BCUT2D eigenvalue weighted by Crippen LogP contribution is 2.20. The maximum atomic E-state index is 13.0. The fraction of sp³-hybridized carbons (Fsp3) is 0.429. The van der Waals surface area contributed by atoms with E-state index in [9.17, 15) is 9.50 Å². The van der Waals surface area contributed by atoms with Crippen LogP contribution in [0.2, 0.25) is 0 Å². The van der Waals surface area contributed by atoms with E-state index >= 15 is 0 Å². The molecule has 0 aliphatic carbocycles. The van der Waals surface area contributed by atoms with E-state index in [0.717, 1.165) is 24.0 Å². The Balaban J connectivity index is 1.92. The molecule has 0 aliphatic heterocycles. The molecular formula is C14H18FNO2. The molecule has 0 saturated carbocycles. The second-order valence-corrected chi connectivity index (χ2v) is 4.47. The Hall–Kier alpha value is -1.39. The fourth-order valence-electron chi connectivity index (χ4n) is 1.95. The summed E-state index contributed by atoms with van der Waals surface area (Å²) >= 11 is 0. The van der Waals surface area contributed by atoms with Gasteiger partial charge in [-0.25, -0.2) is 4.39 Å². The van der Waals surface area contributed by atoms with Gasteiger partial charge in [0, 0.05) is 11.9 Å². The number of aliphatic hydroxyl groups is 1. The van der Waals surface area contributed by atoms with Crippen molar-refractivity contribution < 1.29 is 13.9 Å². The number of hydrogen-bond donors (Lipinski definition) is 2. The first-order chi connectivity index (χ1) is 8.69. The van der Waals surface area contributed by atoms with Gasteiger partial charge in [0.25, 0.3) is 0 Å². The lowest BCUT2D eigenvalue weighted by atomic mass is 10.2. The number of benzene rings is 1. The Morgan fingerprint density at radius 2 is 2.22 bits per heavy atom. The number of nitrogens with one attached hydrogen (secondary N) is 1. The van der Waals surface area contributed by atoms with Crippen LogP contribution in [0.5, 0.6) is 0 Å². The van der Waals surface area contributed by atoms with E-state index in [2.05, 4.69) is 5.32 Å². The first-order valence-electron chi connectivity index (χ1n) is 6.26. The molecule has 0 amide bonds. The number of furan rings is 1. The maximum absolute atomic E-state index is 13.0. The van der Waals surface area contributed by atoms with E-state index in [0.29, 0.717) is 18.7 Å². The Kier molecular flexibility index (Phi) is 4.33. The molecule has 1 atom stereocenters. The quantitative estimate of drug-likeness (QED) is 0.829. The van der Waals surface area contributed by atoms with Crippen LogP contribution >= 0.6 is 0 Å². The third kappa shape index (κ3) is 3.31. The normalized spacial score (nSPS) is 13.1. The van der Waals surface area contributed by atoms with Crippen molar-refractivity contribution in [2.45, 2.75) is 32.4 Å². The topological polar surface area (TPSA) is 45.4 Å². The number of rotatable bonds is 6.